The van der Waals surface area contributed by atoms with Gasteiger partial charge in [0, 0.05) is 16.2 Å². The Kier molecular flexibility index (Phi) is 5.55. The lowest BCUT2D eigenvalue weighted by Gasteiger charge is -2.12. The quantitative estimate of drug-likeness (QED) is 0.650. The maximum absolute atomic E-state index is 11.9. The topological polar surface area (TPSA) is 68.5 Å². The standard InChI is InChI=1S/C16H14BrNO4/c1-11(16(20)18-13-6-4-12(17)5-7-13)22-15(19)9-8-14-3-2-10-21-14/h2-11H,1H3,(H,18,20)/b9-8+/t11-/m1/s1. The number of halogens is 1. The van der Waals surface area contributed by atoms with Crippen LogP contribution in [0.2, 0.25) is 0 Å². The highest BCUT2D eigenvalue weighted by molar-refractivity contribution is 9.10. The summed E-state index contributed by atoms with van der Waals surface area (Å²) in [5.41, 5.74) is 0.627. The Labute approximate surface area is 136 Å². The molecular formula is C16H14BrNO4. The number of carbonyl (C=O) groups excluding carboxylic acids is 2. The van der Waals surface area contributed by atoms with E-state index in [2.05, 4.69) is 21.2 Å². The number of furan rings is 1. The molecule has 1 amide bonds. The van der Waals surface area contributed by atoms with E-state index in [1.54, 1.807) is 36.4 Å². The van der Waals surface area contributed by atoms with Crippen molar-refractivity contribution in [2.45, 2.75) is 13.0 Å². The first kappa shape index (κ1) is 16.0. The number of amides is 1. The second-order valence-corrected chi connectivity index (χ2v) is 5.34. The molecule has 1 aromatic carbocycles. The molecule has 0 saturated heterocycles. The molecule has 22 heavy (non-hydrogen) atoms. The van der Waals surface area contributed by atoms with Crippen molar-refractivity contribution in [1.82, 2.24) is 0 Å². The van der Waals surface area contributed by atoms with Crippen LogP contribution in [0.3, 0.4) is 0 Å². The average molecular weight is 364 g/mol. The summed E-state index contributed by atoms with van der Waals surface area (Å²) in [6.07, 6.45) is 3.28. The number of nitrogens with one attached hydrogen (secondary N) is 1. The highest BCUT2D eigenvalue weighted by Crippen LogP contribution is 2.14. The molecule has 0 fully saturated rings. The van der Waals surface area contributed by atoms with Gasteiger partial charge >= 0.3 is 5.97 Å². The van der Waals surface area contributed by atoms with Crippen LogP contribution in [0, 0.1) is 0 Å². The first-order chi connectivity index (χ1) is 10.5. The van der Waals surface area contributed by atoms with Crippen molar-refractivity contribution in [2.75, 3.05) is 5.32 Å². The van der Waals surface area contributed by atoms with Crippen LogP contribution in [-0.2, 0) is 14.3 Å². The predicted molar refractivity (Wildman–Crippen MR) is 86.1 cm³/mol. The summed E-state index contributed by atoms with van der Waals surface area (Å²) in [6.45, 7) is 1.51. The van der Waals surface area contributed by atoms with Gasteiger partial charge in [-0.1, -0.05) is 15.9 Å². The van der Waals surface area contributed by atoms with Crippen molar-refractivity contribution in [2.24, 2.45) is 0 Å². The van der Waals surface area contributed by atoms with Crippen LogP contribution < -0.4 is 5.32 Å². The number of esters is 1. The first-order valence-electron chi connectivity index (χ1n) is 6.53. The molecule has 114 valence electrons. The molecule has 6 heteroatoms. The molecule has 1 heterocycles. The van der Waals surface area contributed by atoms with E-state index < -0.39 is 18.0 Å². The van der Waals surface area contributed by atoms with Gasteiger partial charge < -0.3 is 14.5 Å². The molecule has 0 aliphatic heterocycles. The van der Waals surface area contributed by atoms with Crippen LogP contribution in [0.15, 0.2) is 57.6 Å². The van der Waals surface area contributed by atoms with E-state index in [1.807, 2.05) is 0 Å². The summed E-state index contributed by atoms with van der Waals surface area (Å²) in [5.74, 6) is -0.485. The lowest BCUT2D eigenvalue weighted by atomic mass is 10.3. The van der Waals surface area contributed by atoms with E-state index in [0.717, 1.165) is 4.47 Å². The number of anilines is 1. The summed E-state index contributed by atoms with van der Waals surface area (Å²) in [4.78, 5) is 23.5. The zero-order chi connectivity index (χ0) is 15.9. The van der Waals surface area contributed by atoms with Crippen molar-refractivity contribution in [3.8, 4) is 0 Å². The monoisotopic (exact) mass is 363 g/mol. The fourth-order valence-corrected chi connectivity index (χ4v) is 1.84. The molecule has 0 aliphatic carbocycles. The predicted octanol–water partition coefficient (Wildman–Crippen LogP) is 3.63. The van der Waals surface area contributed by atoms with Gasteiger partial charge in [-0.3, -0.25) is 4.79 Å². The van der Waals surface area contributed by atoms with Crippen LogP contribution in [0.1, 0.15) is 12.7 Å². The fraction of sp³-hybridized carbons (Fsp3) is 0.125. The van der Waals surface area contributed by atoms with E-state index in [4.69, 9.17) is 9.15 Å². The Hall–Kier alpha value is -2.34. The molecule has 0 saturated carbocycles. The van der Waals surface area contributed by atoms with Gasteiger partial charge in [0.1, 0.15) is 5.76 Å². The molecule has 1 N–H and O–H groups in total. The summed E-state index contributed by atoms with van der Waals surface area (Å²) in [7, 11) is 0. The van der Waals surface area contributed by atoms with E-state index in [0.29, 0.717) is 11.4 Å². The van der Waals surface area contributed by atoms with Crippen LogP contribution >= 0.6 is 15.9 Å². The number of benzene rings is 1. The maximum Gasteiger partial charge on any atom is 0.331 e. The molecule has 2 rings (SSSR count). The maximum atomic E-state index is 11.9. The van der Waals surface area contributed by atoms with E-state index >= 15 is 0 Å². The molecule has 0 aliphatic rings. The highest BCUT2D eigenvalue weighted by atomic mass is 79.9. The SMILES string of the molecule is C[C@@H](OC(=O)/C=C/c1ccco1)C(=O)Nc1ccc(Br)cc1. The minimum absolute atomic E-state index is 0.401. The van der Waals surface area contributed by atoms with Crippen LogP contribution in [0.4, 0.5) is 5.69 Å². The van der Waals surface area contributed by atoms with Crippen LogP contribution in [0.5, 0.6) is 0 Å². The largest absolute Gasteiger partial charge is 0.465 e. The summed E-state index contributed by atoms with van der Waals surface area (Å²) in [5, 5.41) is 2.66. The number of rotatable bonds is 5. The molecule has 0 radical (unpaired) electrons. The van der Waals surface area contributed by atoms with Gasteiger partial charge in [0.15, 0.2) is 6.10 Å². The number of hydrogen-bond acceptors (Lipinski definition) is 4. The Bertz CT molecular complexity index is 662. The molecule has 0 unspecified atom stereocenters. The average Bonchev–Trinajstić information content (AvgIpc) is 3.01. The van der Waals surface area contributed by atoms with Gasteiger partial charge in [-0.05, 0) is 49.4 Å². The highest BCUT2D eigenvalue weighted by Gasteiger charge is 2.16. The second-order valence-electron chi connectivity index (χ2n) is 4.42. The second kappa shape index (κ2) is 7.61. The van der Waals surface area contributed by atoms with Gasteiger partial charge in [0.05, 0.1) is 6.26 Å². The smallest absolute Gasteiger partial charge is 0.331 e. The zero-order valence-corrected chi connectivity index (χ0v) is 13.4. The van der Waals surface area contributed by atoms with Crippen molar-refractivity contribution < 1.29 is 18.7 Å². The third-order valence-electron chi connectivity index (χ3n) is 2.70. The molecule has 0 bridgehead atoms. The number of ether oxygens (including phenoxy) is 1. The van der Waals surface area contributed by atoms with E-state index in [9.17, 15) is 9.59 Å². The summed E-state index contributed by atoms with van der Waals surface area (Å²) >= 11 is 3.31. The van der Waals surface area contributed by atoms with Crippen molar-refractivity contribution in [1.29, 1.82) is 0 Å². The number of hydrogen-bond donors (Lipinski definition) is 1. The molecule has 2 aromatic rings. The van der Waals surface area contributed by atoms with Crippen molar-refractivity contribution >= 4 is 39.6 Å². The summed E-state index contributed by atoms with van der Waals surface area (Å²) < 4.78 is 11.0. The molecule has 1 atom stereocenters. The van der Waals surface area contributed by atoms with Crippen molar-refractivity contribution in [3.05, 3.63) is 59.0 Å². The number of carbonyl (C=O) groups is 2. The first-order valence-corrected chi connectivity index (χ1v) is 7.32. The van der Waals surface area contributed by atoms with Crippen molar-refractivity contribution in [3.63, 3.8) is 0 Å². The molecule has 0 spiro atoms. The third-order valence-corrected chi connectivity index (χ3v) is 3.23. The molecule has 5 nitrogen and oxygen atoms in total. The minimum Gasteiger partial charge on any atom is -0.465 e. The van der Waals surface area contributed by atoms with Gasteiger partial charge in [-0.25, -0.2) is 4.79 Å². The Morgan fingerprint density at radius 3 is 2.64 bits per heavy atom. The summed E-state index contributed by atoms with van der Waals surface area (Å²) in [6, 6.07) is 10.5. The molecule has 1 aromatic heterocycles. The van der Waals surface area contributed by atoms with Crippen LogP contribution in [0.25, 0.3) is 6.08 Å². The fourth-order valence-electron chi connectivity index (χ4n) is 1.58. The third kappa shape index (κ3) is 4.89. The molecular weight excluding hydrogens is 350 g/mol. The van der Waals surface area contributed by atoms with Gasteiger partial charge in [-0.2, -0.15) is 0 Å². The van der Waals surface area contributed by atoms with E-state index in [-0.39, 0.29) is 0 Å². The lowest BCUT2D eigenvalue weighted by Crippen LogP contribution is -2.29. The van der Waals surface area contributed by atoms with Gasteiger partial charge in [0.2, 0.25) is 0 Å². The van der Waals surface area contributed by atoms with Gasteiger partial charge in [0.25, 0.3) is 5.91 Å². The minimum atomic E-state index is -0.905. The Morgan fingerprint density at radius 2 is 2.00 bits per heavy atom. The Morgan fingerprint density at radius 1 is 1.27 bits per heavy atom. The Balaban J connectivity index is 1.85. The van der Waals surface area contributed by atoms with Crippen LogP contribution in [-0.4, -0.2) is 18.0 Å². The lowest BCUT2D eigenvalue weighted by molar-refractivity contribution is -0.148. The van der Waals surface area contributed by atoms with E-state index in [1.165, 1.54) is 25.3 Å². The van der Waals surface area contributed by atoms with Gasteiger partial charge in [-0.15, -0.1) is 0 Å². The zero-order valence-electron chi connectivity index (χ0n) is 11.8. The normalized spacial score (nSPS) is 12.1.